The second kappa shape index (κ2) is 7.58. The van der Waals surface area contributed by atoms with Crippen LogP contribution in [0.2, 0.25) is 0 Å². The van der Waals surface area contributed by atoms with E-state index in [1.54, 1.807) is 10.6 Å². The van der Waals surface area contributed by atoms with Crippen LogP contribution < -0.4 is 25.0 Å². The van der Waals surface area contributed by atoms with E-state index in [-0.39, 0.29) is 27.6 Å². The van der Waals surface area contributed by atoms with Gasteiger partial charge < -0.3 is 14.8 Å². The minimum absolute atomic E-state index is 0.00460. The summed E-state index contributed by atoms with van der Waals surface area (Å²) in [6, 6.07) is 9.68. The monoisotopic (exact) mass is 423 g/mol. The van der Waals surface area contributed by atoms with Gasteiger partial charge in [-0.2, -0.15) is 13.2 Å². The number of hydrogen-bond donors (Lipinski definition) is 2. The number of urea groups is 1. The lowest BCUT2D eigenvalue weighted by molar-refractivity contribution is -0.197. The lowest BCUT2D eigenvalue weighted by Crippen LogP contribution is -2.69. The average Bonchev–Trinajstić information content (AvgIpc) is 2.98. The Labute approximate surface area is 168 Å². The standard InChI is InChI=1S/C19H16F3N3O5/c1-29-13-9-5-3-7-11(13)15(26)23-18(19(20,21)22)16(27)25(17(28)24-18)12-8-4-6-10-14(12)30-2/h3-10H,1-2H3,(H,23,26)(H,24,28)/t18-/m1/s1. The normalized spacial score (nSPS) is 18.8. The molecule has 0 aromatic heterocycles. The lowest BCUT2D eigenvalue weighted by atomic mass is 10.1. The second-order valence-corrected chi connectivity index (χ2v) is 6.14. The number of rotatable bonds is 5. The van der Waals surface area contributed by atoms with Crippen LogP contribution in [0.4, 0.5) is 23.7 Å². The van der Waals surface area contributed by atoms with Crippen LogP contribution in [0, 0.1) is 0 Å². The smallest absolute Gasteiger partial charge is 0.440 e. The van der Waals surface area contributed by atoms with Gasteiger partial charge in [-0.1, -0.05) is 24.3 Å². The molecule has 2 N–H and O–H groups in total. The van der Waals surface area contributed by atoms with E-state index in [9.17, 15) is 27.6 Å². The first-order valence-corrected chi connectivity index (χ1v) is 8.48. The SMILES string of the molecule is COc1ccccc1C(=O)N[C@@]1(C(F)(F)F)NC(=O)N(c2ccccc2OC)C1=O. The highest BCUT2D eigenvalue weighted by atomic mass is 19.4. The summed E-state index contributed by atoms with van der Waals surface area (Å²) in [6.07, 6.45) is -5.35. The van der Waals surface area contributed by atoms with E-state index in [0.29, 0.717) is 0 Å². The molecule has 1 saturated heterocycles. The number of nitrogens with zero attached hydrogens (tertiary/aromatic N) is 1. The molecule has 8 nitrogen and oxygen atoms in total. The Balaban J connectivity index is 2.05. The van der Waals surface area contributed by atoms with Crippen molar-refractivity contribution < 1.29 is 37.0 Å². The predicted molar refractivity (Wildman–Crippen MR) is 98.3 cm³/mol. The number of anilines is 1. The van der Waals surface area contributed by atoms with Gasteiger partial charge in [0, 0.05) is 0 Å². The molecule has 3 rings (SSSR count). The van der Waals surface area contributed by atoms with Crippen LogP contribution in [0.5, 0.6) is 11.5 Å². The summed E-state index contributed by atoms with van der Waals surface area (Å²) in [5.41, 5.74) is -4.13. The molecule has 2 aromatic carbocycles. The molecular formula is C19H16F3N3O5. The van der Waals surface area contributed by atoms with Crippen LogP contribution in [0.3, 0.4) is 0 Å². The fraction of sp³-hybridized carbons (Fsp3) is 0.211. The Kier molecular flexibility index (Phi) is 5.29. The molecule has 30 heavy (non-hydrogen) atoms. The van der Waals surface area contributed by atoms with Crippen molar-refractivity contribution in [3.05, 3.63) is 54.1 Å². The first kappa shape index (κ1) is 21.0. The molecule has 0 unspecified atom stereocenters. The number of halogens is 3. The number of methoxy groups -OCH3 is 2. The van der Waals surface area contributed by atoms with E-state index in [1.807, 2.05) is 0 Å². The van der Waals surface area contributed by atoms with Crippen LogP contribution in [0.1, 0.15) is 10.4 Å². The van der Waals surface area contributed by atoms with Gasteiger partial charge in [0.2, 0.25) is 0 Å². The van der Waals surface area contributed by atoms with Crippen molar-refractivity contribution in [3.63, 3.8) is 0 Å². The number of para-hydroxylation sites is 3. The summed E-state index contributed by atoms with van der Waals surface area (Å²) in [6.45, 7) is 0. The summed E-state index contributed by atoms with van der Waals surface area (Å²) in [5.74, 6) is -3.01. The number of carbonyl (C=O) groups is 3. The molecule has 4 amide bonds. The van der Waals surface area contributed by atoms with Gasteiger partial charge in [-0.3, -0.25) is 14.9 Å². The number of ether oxygens (including phenoxy) is 2. The van der Waals surface area contributed by atoms with Crippen molar-refractivity contribution in [1.82, 2.24) is 10.6 Å². The predicted octanol–water partition coefficient (Wildman–Crippen LogP) is 2.45. The Bertz CT molecular complexity index is 1010. The molecule has 0 radical (unpaired) electrons. The van der Waals surface area contributed by atoms with Crippen molar-refractivity contribution in [2.45, 2.75) is 11.8 Å². The van der Waals surface area contributed by atoms with E-state index in [1.165, 1.54) is 62.8 Å². The van der Waals surface area contributed by atoms with Gasteiger partial charge in [0.1, 0.15) is 11.5 Å². The van der Waals surface area contributed by atoms with Crippen LogP contribution in [-0.2, 0) is 4.79 Å². The van der Waals surface area contributed by atoms with Crippen LogP contribution in [0.15, 0.2) is 48.5 Å². The van der Waals surface area contributed by atoms with Crippen molar-refractivity contribution in [3.8, 4) is 11.5 Å². The molecule has 0 aliphatic carbocycles. The fourth-order valence-electron chi connectivity index (χ4n) is 2.98. The van der Waals surface area contributed by atoms with Crippen molar-refractivity contribution >= 4 is 23.5 Å². The van der Waals surface area contributed by atoms with Gasteiger partial charge in [-0.05, 0) is 24.3 Å². The molecule has 0 saturated carbocycles. The summed E-state index contributed by atoms with van der Waals surface area (Å²) < 4.78 is 52.1. The number of carbonyl (C=O) groups excluding carboxylic acids is 3. The summed E-state index contributed by atoms with van der Waals surface area (Å²) >= 11 is 0. The highest BCUT2D eigenvalue weighted by Gasteiger charge is 2.69. The van der Waals surface area contributed by atoms with Gasteiger partial charge >= 0.3 is 12.2 Å². The molecule has 1 aliphatic rings. The summed E-state index contributed by atoms with van der Waals surface area (Å²) in [7, 11) is 2.47. The third kappa shape index (κ3) is 3.27. The lowest BCUT2D eigenvalue weighted by Gasteiger charge is -2.30. The topological polar surface area (TPSA) is 97.0 Å². The quantitative estimate of drug-likeness (QED) is 0.721. The van der Waals surface area contributed by atoms with E-state index in [0.717, 1.165) is 0 Å². The second-order valence-electron chi connectivity index (χ2n) is 6.14. The molecule has 1 atom stereocenters. The Morgan fingerprint density at radius 3 is 2.17 bits per heavy atom. The van der Waals surface area contributed by atoms with E-state index in [2.05, 4.69) is 0 Å². The minimum atomic E-state index is -5.35. The van der Waals surface area contributed by atoms with Gasteiger partial charge in [0.05, 0.1) is 25.5 Å². The average molecular weight is 423 g/mol. The van der Waals surface area contributed by atoms with E-state index in [4.69, 9.17) is 9.47 Å². The van der Waals surface area contributed by atoms with Crippen molar-refractivity contribution in [2.75, 3.05) is 19.1 Å². The fourth-order valence-corrected chi connectivity index (χ4v) is 2.98. The first-order valence-electron chi connectivity index (χ1n) is 8.48. The molecule has 2 aromatic rings. The van der Waals surface area contributed by atoms with Crippen molar-refractivity contribution in [1.29, 1.82) is 0 Å². The molecule has 1 fully saturated rings. The summed E-state index contributed by atoms with van der Waals surface area (Å²) in [4.78, 5) is 38.2. The van der Waals surface area contributed by atoms with Crippen LogP contribution >= 0.6 is 0 Å². The number of nitrogens with one attached hydrogen (secondary N) is 2. The molecule has 0 spiro atoms. The highest BCUT2D eigenvalue weighted by molar-refractivity contribution is 6.25. The van der Waals surface area contributed by atoms with Gasteiger partial charge in [-0.15, -0.1) is 0 Å². The van der Waals surface area contributed by atoms with Crippen LogP contribution in [0.25, 0.3) is 0 Å². The maximum Gasteiger partial charge on any atom is 0.440 e. The Morgan fingerprint density at radius 1 is 1.00 bits per heavy atom. The number of imide groups is 1. The van der Waals surface area contributed by atoms with E-state index >= 15 is 0 Å². The maximum atomic E-state index is 14.0. The number of alkyl halides is 3. The first-order chi connectivity index (χ1) is 14.2. The molecular weight excluding hydrogens is 407 g/mol. The maximum absolute atomic E-state index is 14.0. The molecule has 11 heteroatoms. The molecule has 0 bridgehead atoms. The molecule has 1 aliphatic heterocycles. The zero-order chi connectivity index (χ0) is 22.1. The number of amides is 4. The molecule has 158 valence electrons. The Hall–Kier alpha value is -3.76. The zero-order valence-electron chi connectivity index (χ0n) is 15.7. The van der Waals surface area contributed by atoms with Crippen molar-refractivity contribution in [2.24, 2.45) is 0 Å². The van der Waals surface area contributed by atoms with Gasteiger partial charge in [0.25, 0.3) is 17.5 Å². The third-order valence-corrected chi connectivity index (χ3v) is 4.43. The van der Waals surface area contributed by atoms with E-state index < -0.39 is 29.7 Å². The number of benzene rings is 2. The highest BCUT2D eigenvalue weighted by Crippen LogP contribution is 2.38. The minimum Gasteiger partial charge on any atom is -0.496 e. The largest absolute Gasteiger partial charge is 0.496 e. The van der Waals surface area contributed by atoms with Gasteiger partial charge in [0.15, 0.2) is 0 Å². The third-order valence-electron chi connectivity index (χ3n) is 4.43. The molecule has 1 heterocycles. The zero-order valence-corrected chi connectivity index (χ0v) is 15.7. The van der Waals surface area contributed by atoms with Gasteiger partial charge in [-0.25, -0.2) is 9.69 Å². The summed E-state index contributed by atoms with van der Waals surface area (Å²) in [5, 5.41) is 3.21. The number of hydrogen-bond acceptors (Lipinski definition) is 5. The van der Waals surface area contributed by atoms with Crippen LogP contribution in [-0.4, -0.2) is 43.9 Å². The Morgan fingerprint density at radius 2 is 1.57 bits per heavy atom.